The Labute approximate surface area is 202 Å². The smallest absolute Gasteiger partial charge is 0.225 e. The number of hydrogen-bond acceptors (Lipinski definition) is 5. The number of rotatable bonds is 5. The standard InChI is InChI=1S/C26H26N8O/c35-26(18-4-5-18)31-9-6-21(7-10-31)33-16-20(13-29-33)19-11-24-23(27-12-19)15-30-34(24)17-22-14-28-25-3-1-2-8-32(22)25/h1-3,8,11-16,18,21H,4-7,9-10,17H2. The lowest BCUT2D eigenvalue weighted by atomic mass is 10.0. The molecule has 9 heteroatoms. The largest absolute Gasteiger partial charge is 0.342 e. The molecule has 9 nitrogen and oxygen atoms in total. The van der Waals surface area contributed by atoms with E-state index in [-0.39, 0.29) is 0 Å². The van der Waals surface area contributed by atoms with Crippen LogP contribution < -0.4 is 0 Å². The second kappa shape index (κ2) is 8.04. The highest BCUT2D eigenvalue weighted by molar-refractivity contribution is 5.81. The molecule has 1 saturated carbocycles. The van der Waals surface area contributed by atoms with Crippen LogP contribution in [0, 0.1) is 5.92 Å². The van der Waals surface area contributed by atoms with E-state index in [4.69, 9.17) is 0 Å². The summed E-state index contributed by atoms with van der Waals surface area (Å²) < 4.78 is 6.12. The van der Waals surface area contributed by atoms with Crippen LogP contribution in [-0.4, -0.2) is 57.8 Å². The Kier molecular flexibility index (Phi) is 4.68. The van der Waals surface area contributed by atoms with Crippen molar-refractivity contribution in [2.24, 2.45) is 5.92 Å². The third-order valence-corrected chi connectivity index (χ3v) is 7.31. The Morgan fingerprint density at radius 2 is 1.83 bits per heavy atom. The Balaban J connectivity index is 1.11. The van der Waals surface area contributed by atoms with E-state index in [9.17, 15) is 4.79 Å². The molecule has 0 spiro atoms. The summed E-state index contributed by atoms with van der Waals surface area (Å²) in [4.78, 5) is 23.5. The van der Waals surface area contributed by atoms with Gasteiger partial charge >= 0.3 is 0 Å². The van der Waals surface area contributed by atoms with Crippen molar-refractivity contribution in [2.75, 3.05) is 13.1 Å². The number of piperidine rings is 1. The van der Waals surface area contributed by atoms with E-state index in [1.54, 1.807) is 0 Å². The van der Waals surface area contributed by atoms with Crippen molar-refractivity contribution in [1.29, 1.82) is 0 Å². The molecule has 2 aliphatic rings. The Morgan fingerprint density at radius 1 is 0.943 bits per heavy atom. The van der Waals surface area contributed by atoms with Gasteiger partial charge in [0.15, 0.2) is 0 Å². The van der Waals surface area contributed by atoms with Crippen LogP contribution in [0.25, 0.3) is 27.8 Å². The van der Waals surface area contributed by atoms with Gasteiger partial charge in [0.05, 0.1) is 42.4 Å². The number of fused-ring (bicyclic) bond motifs is 2. The van der Waals surface area contributed by atoms with Crippen LogP contribution in [0.1, 0.15) is 37.4 Å². The zero-order valence-corrected chi connectivity index (χ0v) is 19.4. The van der Waals surface area contributed by atoms with Crippen molar-refractivity contribution in [2.45, 2.75) is 38.3 Å². The summed E-state index contributed by atoms with van der Waals surface area (Å²) >= 11 is 0. The zero-order chi connectivity index (χ0) is 23.4. The first kappa shape index (κ1) is 20.4. The molecule has 1 aliphatic heterocycles. The fourth-order valence-electron chi connectivity index (χ4n) is 5.12. The number of amides is 1. The number of pyridine rings is 2. The lowest BCUT2D eigenvalue weighted by molar-refractivity contribution is -0.133. The van der Waals surface area contributed by atoms with Crippen molar-refractivity contribution in [3.63, 3.8) is 0 Å². The van der Waals surface area contributed by atoms with Crippen molar-refractivity contribution < 1.29 is 4.79 Å². The van der Waals surface area contributed by atoms with Gasteiger partial charge in [-0.05, 0) is 43.9 Å². The molecule has 7 rings (SSSR count). The lowest BCUT2D eigenvalue weighted by Crippen LogP contribution is -2.39. The molecule has 1 amide bonds. The van der Waals surface area contributed by atoms with Gasteiger partial charge in [-0.25, -0.2) is 4.98 Å². The van der Waals surface area contributed by atoms with Crippen molar-refractivity contribution in [3.8, 4) is 11.1 Å². The van der Waals surface area contributed by atoms with Gasteiger partial charge in [-0.2, -0.15) is 10.2 Å². The fraction of sp³-hybridized carbons (Fsp3) is 0.346. The summed E-state index contributed by atoms with van der Waals surface area (Å²) in [6.07, 6.45) is 15.7. The predicted molar refractivity (Wildman–Crippen MR) is 131 cm³/mol. The zero-order valence-electron chi connectivity index (χ0n) is 19.4. The van der Waals surface area contributed by atoms with E-state index >= 15 is 0 Å². The van der Waals surface area contributed by atoms with Crippen molar-refractivity contribution in [3.05, 3.63) is 67.1 Å². The van der Waals surface area contributed by atoms with Crippen LogP contribution in [0.3, 0.4) is 0 Å². The molecule has 5 aromatic heterocycles. The third-order valence-electron chi connectivity index (χ3n) is 7.31. The van der Waals surface area contributed by atoms with E-state index in [0.717, 1.165) is 72.3 Å². The summed E-state index contributed by atoms with van der Waals surface area (Å²) in [5, 5.41) is 9.26. The summed E-state index contributed by atoms with van der Waals surface area (Å²) in [6, 6.07) is 8.45. The molecule has 0 aromatic carbocycles. The molecule has 0 radical (unpaired) electrons. The Morgan fingerprint density at radius 3 is 2.69 bits per heavy atom. The molecule has 5 aromatic rings. The number of carbonyl (C=O) groups excluding carboxylic acids is 1. The van der Waals surface area contributed by atoms with E-state index < -0.39 is 0 Å². The Hall–Kier alpha value is -4.01. The van der Waals surface area contributed by atoms with E-state index in [1.165, 1.54) is 0 Å². The predicted octanol–water partition coefficient (Wildman–Crippen LogP) is 3.56. The second-order valence-electron chi connectivity index (χ2n) is 9.65. The maximum Gasteiger partial charge on any atom is 0.225 e. The molecule has 1 saturated heterocycles. The van der Waals surface area contributed by atoms with Gasteiger partial charge in [-0.15, -0.1) is 0 Å². The topological polar surface area (TPSA) is 86.1 Å². The van der Waals surface area contributed by atoms with Gasteiger partial charge in [-0.3, -0.25) is 19.1 Å². The third kappa shape index (κ3) is 3.67. The molecule has 0 bridgehead atoms. The van der Waals surface area contributed by atoms with E-state index in [2.05, 4.69) is 41.5 Å². The maximum absolute atomic E-state index is 12.4. The van der Waals surface area contributed by atoms with Crippen LogP contribution in [0.5, 0.6) is 0 Å². The molecule has 6 heterocycles. The lowest BCUT2D eigenvalue weighted by Gasteiger charge is -2.32. The van der Waals surface area contributed by atoms with Crippen molar-refractivity contribution >= 4 is 22.6 Å². The first-order chi connectivity index (χ1) is 17.2. The average molecular weight is 467 g/mol. The quantitative estimate of drug-likeness (QED) is 0.395. The van der Waals surface area contributed by atoms with Crippen LogP contribution in [0.15, 0.2) is 61.4 Å². The van der Waals surface area contributed by atoms with Crippen LogP contribution >= 0.6 is 0 Å². The number of likely N-dealkylation sites (tertiary alicyclic amines) is 1. The molecule has 176 valence electrons. The molecule has 35 heavy (non-hydrogen) atoms. The molecule has 1 aliphatic carbocycles. The highest BCUT2D eigenvalue weighted by Gasteiger charge is 2.35. The van der Waals surface area contributed by atoms with E-state index in [1.807, 2.05) is 58.8 Å². The van der Waals surface area contributed by atoms with E-state index in [0.29, 0.717) is 24.4 Å². The Bertz CT molecular complexity index is 1530. The van der Waals surface area contributed by atoms with Crippen LogP contribution in [-0.2, 0) is 11.3 Å². The summed E-state index contributed by atoms with van der Waals surface area (Å²) in [5.41, 5.74) is 5.89. The minimum absolute atomic E-state index is 0.298. The molecular weight excluding hydrogens is 440 g/mol. The SMILES string of the molecule is O=C(C1CC1)N1CCC(n2cc(-c3cnc4cnn(Cc5cnc6ccccn56)c4c3)cn2)CC1. The number of carbonyl (C=O) groups is 1. The number of nitrogens with zero attached hydrogens (tertiary/aromatic N) is 8. The first-order valence-corrected chi connectivity index (χ1v) is 12.3. The van der Waals surface area contributed by atoms with Crippen LogP contribution in [0.2, 0.25) is 0 Å². The normalized spacial score (nSPS) is 17.0. The molecular formula is C26H26N8O. The van der Waals surface area contributed by atoms with Gasteiger partial charge in [0, 0.05) is 48.7 Å². The van der Waals surface area contributed by atoms with Gasteiger partial charge < -0.3 is 9.30 Å². The minimum Gasteiger partial charge on any atom is -0.342 e. The monoisotopic (exact) mass is 466 g/mol. The summed E-state index contributed by atoms with van der Waals surface area (Å²) in [5.74, 6) is 0.649. The molecule has 0 N–H and O–H groups in total. The summed E-state index contributed by atoms with van der Waals surface area (Å²) in [7, 11) is 0. The van der Waals surface area contributed by atoms with Gasteiger partial charge in [0.25, 0.3) is 0 Å². The highest BCUT2D eigenvalue weighted by atomic mass is 16.2. The molecule has 0 atom stereocenters. The maximum atomic E-state index is 12.4. The number of aromatic nitrogens is 7. The summed E-state index contributed by atoms with van der Waals surface area (Å²) in [6.45, 7) is 2.26. The second-order valence-corrected chi connectivity index (χ2v) is 9.65. The van der Waals surface area contributed by atoms with Crippen LogP contribution in [0.4, 0.5) is 0 Å². The van der Waals surface area contributed by atoms with Gasteiger partial charge in [0.2, 0.25) is 5.91 Å². The minimum atomic E-state index is 0.298. The number of imidazole rings is 1. The number of hydrogen-bond donors (Lipinski definition) is 0. The average Bonchev–Trinajstić information content (AvgIpc) is 3.31. The van der Waals surface area contributed by atoms with Gasteiger partial charge in [-0.1, -0.05) is 6.07 Å². The van der Waals surface area contributed by atoms with Crippen molar-refractivity contribution in [1.82, 2.24) is 38.8 Å². The molecule has 0 unspecified atom stereocenters. The molecule has 2 fully saturated rings. The first-order valence-electron chi connectivity index (χ1n) is 12.3. The highest BCUT2D eigenvalue weighted by Crippen LogP contribution is 2.33. The van der Waals surface area contributed by atoms with Gasteiger partial charge in [0.1, 0.15) is 11.2 Å². The fourth-order valence-corrected chi connectivity index (χ4v) is 5.12.